The second-order valence-corrected chi connectivity index (χ2v) is 4.82. The van der Waals surface area contributed by atoms with Crippen molar-refractivity contribution in [2.24, 2.45) is 0 Å². The van der Waals surface area contributed by atoms with Gasteiger partial charge in [0, 0.05) is 0 Å². The maximum absolute atomic E-state index is 10.8. The normalized spacial score (nSPS) is 10.3. The fourth-order valence-corrected chi connectivity index (χ4v) is 2.34. The molecule has 2 rings (SSSR count). The highest BCUT2D eigenvalue weighted by Gasteiger charge is 2.16. The number of halogens is 1. The number of aromatic carboxylic acids is 1. The van der Waals surface area contributed by atoms with Crippen LogP contribution in [0.4, 0.5) is 0 Å². The Labute approximate surface area is 113 Å². The summed E-state index contributed by atoms with van der Waals surface area (Å²) in [5, 5.41) is 9.02. The summed E-state index contributed by atoms with van der Waals surface area (Å²) in [5.74, 6) is -0.497. The molecule has 4 nitrogen and oxygen atoms in total. The Balaban J connectivity index is 2.18. The van der Waals surface area contributed by atoms with Crippen molar-refractivity contribution in [1.29, 1.82) is 0 Å². The smallest absolute Gasteiger partial charge is 0.349 e. The molecule has 1 aromatic carbocycles. The quantitative estimate of drug-likeness (QED) is 0.926. The Hall–Kier alpha value is -1.59. The number of carboxylic acid groups (broad SMARTS) is 1. The molecule has 0 aliphatic heterocycles. The summed E-state index contributed by atoms with van der Waals surface area (Å²) in [5.41, 5.74) is 1.20. The molecule has 0 spiro atoms. The fourth-order valence-electron chi connectivity index (χ4n) is 1.35. The van der Waals surface area contributed by atoms with Gasteiger partial charge in [-0.15, -0.1) is 0 Å². The van der Waals surface area contributed by atoms with Gasteiger partial charge in [-0.25, -0.2) is 4.79 Å². The van der Waals surface area contributed by atoms with E-state index in [0.29, 0.717) is 5.75 Å². The first-order chi connectivity index (χ1) is 8.60. The van der Waals surface area contributed by atoms with Crippen LogP contribution in [0.15, 0.2) is 24.3 Å². The molecule has 0 radical (unpaired) electrons. The summed E-state index contributed by atoms with van der Waals surface area (Å²) in [4.78, 5) is 14.6. The molecule has 18 heavy (non-hydrogen) atoms. The van der Waals surface area contributed by atoms with Crippen molar-refractivity contribution in [2.75, 3.05) is 0 Å². The van der Waals surface area contributed by atoms with Gasteiger partial charge in [-0.2, -0.15) is 4.98 Å². The lowest BCUT2D eigenvalue weighted by Crippen LogP contribution is -1.91. The molecule has 0 aliphatic rings. The average molecular weight is 284 g/mol. The van der Waals surface area contributed by atoms with Crippen LogP contribution < -0.4 is 4.74 Å². The van der Waals surface area contributed by atoms with Crippen molar-refractivity contribution < 1.29 is 14.6 Å². The second kappa shape index (κ2) is 5.37. The van der Waals surface area contributed by atoms with E-state index in [9.17, 15) is 4.79 Å². The molecule has 0 fully saturated rings. The maximum atomic E-state index is 10.8. The van der Waals surface area contributed by atoms with Gasteiger partial charge in [-0.1, -0.05) is 42.0 Å². The zero-order valence-corrected chi connectivity index (χ0v) is 11.1. The van der Waals surface area contributed by atoms with Crippen molar-refractivity contribution in [2.45, 2.75) is 13.3 Å². The summed E-state index contributed by atoms with van der Waals surface area (Å²) >= 11 is 6.60. The predicted octanol–water partition coefficient (Wildman–Crippen LogP) is 3.85. The van der Waals surface area contributed by atoms with Gasteiger partial charge in [0.05, 0.1) is 0 Å². The third-order valence-corrected chi connectivity index (χ3v) is 3.60. The van der Waals surface area contributed by atoms with E-state index >= 15 is 0 Å². The van der Waals surface area contributed by atoms with E-state index in [2.05, 4.69) is 11.9 Å². The molecule has 0 amide bonds. The third kappa shape index (κ3) is 2.80. The number of hydrogen-bond donors (Lipinski definition) is 1. The molecule has 0 unspecified atom stereocenters. The highest BCUT2D eigenvalue weighted by atomic mass is 35.5. The number of benzene rings is 1. The lowest BCUT2D eigenvalue weighted by atomic mass is 10.2. The van der Waals surface area contributed by atoms with E-state index in [4.69, 9.17) is 21.4 Å². The molecule has 2 aromatic rings. The van der Waals surface area contributed by atoms with E-state index in [-0.39, 0.29) is 15.2 Å². The number of carboxylic acids is 1. The first kappa shape index (κ1) is 12.9. The van der Waals surface area contributed by atoms with Gasteiger partial charge in [0.15, 0.2) is 10.0 Å². The minimum atomic E-state index is -1.10. The summed E-state index contributed by atoms with van der Waals surface area (Å²) < 4.78 is 5.45. The molecule has 0 atom stereocenters. The van der Waals surface area contributed by atoms with Crippen LogP contribution >= 0.6 is 22.9 Å². The second-order valence-electron chi connectivity index (χ2n) is 3.50. The number of nitrogens with zero attached hydrogens (tertiary/aromatic N) is 1. The molecule has 0 aliphatic carbocycles. The van der Waals surface area contributed by atoms with Gasteiger partial charge in [0.1, 0.15) is 5.75 Å². The number of carbonyl (C=O) groups is 1. The SMILES string of the molecule is CCc1ccc(Oc2nc(Cl)c(C(=O)O)s2)cc1. The van der Waals surface area contributed by atoms with Crippen molar-refractivity contribution in [3.05, 3.63) is 39.9 Å². The van der Waals surface area contributed by atoms with Crippen molar-refractivity contribution in [3.8, 4) is 10.9 Å². The molecule has 1 N–H and O–H groups in total. The average Bonchev–Trinajstić information content (AvgIpc) is 2.71. The van der Waals surface area contributed by atoms with Crippen molar-refractivity contribution in [1.82, 2.24) is 4.98 Å². The Kier molecular flexibility index (Phi) is 3.84. The third-order valence-electron chi connectivity index (χ3n) is 2.30. The van der Waals surface area contributed by atoms with E-state index in [1.54, 1.807) is 0 Å². The predicted molar refractivity (Wildman–Crippen MR) is 70.0 cm³/mol. The van der Waals surface area contributed by atoms with Crippen LogP contribution in [0, 0.1) is 0 Å². The molecule has 94 valence electrons. The Morgan fingerprint density at radius 3 is 2.61 bits per heavy atom. The van der Waals surface area contributed by atoms with Gasteiger partial charge in [-0.3, -0.25) is 0 Å². The Morgan fingerprint density at radius 2 is 2.11 bits per heavy atom. The summed E-state index contributed by atoms with van der Waals surface area (Å²) in [6.45, 7) is 2.07. The zero-order chi connectivity index (χ0) is 13.1. The number of aryl methyl sites for hydroxylation is 1. The summed E-state index contributed by atoms with van der Waals surface area (Å²) in [6, 6.07) is 7.52. The number of rotatable bonds is 4. The van der Waals surface area contributed by atoms with Gasteiger partial charge in [0.2, 0.25) is 0 Å². The minimum Gasteiger partial charge on any atom is -0.477 e. The highest BCUT2D eigenvalue weighted by Crippen LogP contribution is 2.32. The highest BCUT2D eigenvalue weighted by molar-refractivity contribution is 7.15. The number of ether oxygens (including phenoxy) is 1. The van der Waals surface area contributed by atoms with Crippen LogP contribution in [0.25, 0.3) is 0 Å². The van der Waals surface area contributed by atoms with E-state index < -0.39 is 5.97 Å². The van der Waals surface area contributed by atoms with E-state index in [1.807, 2.05) is 24.3 Å². The molecule has 0 saturated heterocycles. The van der Waals surface area contributed by atoms with Crippen LogP contribution in [0.1, 0.15) is 22.2 Å². The van der Waals surface area contributed by atoms with Crippen molar-refractivity contribution >= 4 is 28.9 Å². The standard InChI is InChI=1S/C12H10ClNO3S/c1-2-7-3-5-8(6-4-7)17-12-14-10(13)9(18-12)11(15)16/h3-6H,2H2,1H3,(H,15,16). The number of thiazole rings is 1. The molecule has 1 aromatic heterocycles. The first-order valence-corrected chi connectivity index (χ1v) is 6.46. The first-order valence-electron chi connectivity index (χ1n) is 5.26. The maximum Gasteiger partial charge on any atom is 0.349 e. The lowest BCUT2D eigenvalue weighted by Gasteiger charge is -2.02. The van der Waals surface area contributed by atoms with Gasteiger partial charge < -0.3 is 9.84 Å². The van der Waals surface area contributed by atoms with Crippen LogP contribution in [0.2, 0.25) is 5.15 Å². The molecular weight excluding hydrogens is 274 g/mol. The molecule has 6 heteroatoms. The van der Waals surface area contributed by atoms with Crippen LogP contribution in [0.3, 0.4) is 0 Å². The van der Waals surface area contributed by atoms with Crippen molar-refractivity contribution in [3.63, 3.8) is 0 Å². The molecular formula is C12H10ClNO3S. The fraction of sp³-hybridized carbons (Fsp3) is 0.167. The van der Waals surface area contributed by atoms with Crippen LogP contribution in [-0.4, -0.2) is 16.1 Å². The molecule has 0 saturated carbocycles. The largest absolute Gasteiger partial charge is 0.477 e. The zero-order valence-electron chi connectivity index (χ0n) is 9.51. The van der Waals surface area contributed by atoms with Crippen LogP contribution in [-0.2, 0) is 6.42 Å². The van der Waals surface area contributed by atoms with Gasteiger partial charge in [-0.05, 0) is 24.1 Å². The molecule has 1 heterocycles. The minimum absolute atomic E-state index is 0.0168. The summed E-state index contributed by atoms with van der Waals surface area (Å²) in [6.07, 6.45) is 0.951. The Bertz CT molecular complexity index is 565. The topological polar surface area (TPSA) is 59.4 Å². The summed E-state index contributed by atoms with van der Waals surface area (Å²) in [7, 11) is 0. The lowest BCUT2D eigenvalue weighted by molar-refractivity contribution is 0.0702. The van der Waals surface area contributed by atoms with Crippen LogP contribution in [0.5, 0.6) is 10.9 Å². The van der Waals surface area contributed by atoms with E-state index in [0.717, 1.165) is 17.8 Å². The number of hydrogen-bond acceptors (Lipinski definition) is 4. The van der Waals surface area contributed by atoms with E-state index in [1.165, 1.54) is 5.56 Å². The monoisotopic (exact) mass is 283 g/mol. The van der Waals surface area contributed by atoms with Gasteiger partial charge >= 0.3 is 5.97 Å². The number of aromatic nitrogens is 1. The molecule has 0 bridgehead atoms. The Morgan fingerprint density at radius 1 is 1.44 bits per heavy atom. The van der Waals surface area contributed by atoms with Gasteiger partial charge in [0.25, 0.3) is 5.19 Å².